The average molecular weight is 354 g/mol. The van der Waals surface area contributed by atoms with Gasteiger partial charge in [0.25, 0.3) is 0 Å². The predicted molar refractivity (Wildman–Crippen MR) is 97.0 cm³/mol. The smallest absolute Gasteiger partial charge is 0.344 e. The van der Waals surface area contributed by atoms with E-state index in [9.17, 15) is 4.79 Å². The highest BCUT2D eigenvalue weighted by atomic mass is 35.5. The van der Waals surface area contributed by atoms with Crippen molar-refractivity contribution in [2.24, 2.45) is 0 Å². The number of fused-ring (bicyclic) bond motifs is 3. The molecule has 5 rings (SSSR count). The summed E-state index contributed by atoms with van der Waals surface area (Å²) >= 11 is 5.94. The fraction of sp³-hybridized carbons (Fsp3) is 0.250. The molecule has 126 valence electrons. The Morgan fingerprint density at radius 3 is 2.64 bits per heavy atom. The summed E-state index contributed by atoms with van der Waals surface area (Å²) < 4.78 is 11.6. The Kier molecular flexibility index (Phi) is 3.37. The first-order chi connectivity index (χ1) is 12.2. The zero-order valence-electron chi connectivity index (χ0n) is 13.5. The third-order valence-electron chi connectivity index (χ3n) is 4.93. The van der Waals surface area contributed by atoms with Crippen LogP contribution >= 0.6 is 11.6 Å². The number of hydrogen-bond donors (Lipinski definition) is 0. The Balaban J connectivity index is 1.64. The van der Waals surface area contributed by atoms with Crippen LogP contribution in [-0.4, -0.2) is 17.7 Å². The predicted octanol–water partition coefficient (Wildman–Crippen LogP) is 4.43. The van der Waals surface area contributed by atoms with Crippen LogP contribution in [0.1, 0.15) is 18.4 Å². The minimum Gasteiger partial charge on any atom is -0.478 e. The van der Waals surface area contributed by atoms with Gasteiger partial charge in [-0.1, -0.05) is 23.7 Å². The molecule has 1 aliphatic heterocycles. The first-order valence-electron chi connectivity index (χ1n) is 8.41. The molecular formula is C20H16ClNO3. The number of hydrogen-bond acceptors (Lipinski definition) is 4. The van der Waals surface area contributed by atoms with Crippen LogP contribution in [0.15, 0.2) is 51.7 Å². The summed E-state index contributed by atoms with van der Waals surface area (Å²) in [4.78, 5) is 14.9. The van der Waals surface area contributed by atoms with Crippen molar-refractivity contribution in [3.8, 4) is 16.9 Å². The molecular weight excluding hydrogens is 338 g/mol. The molecule has 3 aromatic rings. The van der Waals surface area contributed by atoms with Gasteiger partial charge in [0, 0.05) is 23.0 Å². The van der Waals surface area contributed by atoms with E-state index in [4.69, 9.17) is 20.8 Å². The molecule has 2 heterocycles. The van der Waals surface area contributed by atoms with Gasteiger partial charge in [0.15, 0.2) is 0 Å². The van der Waals surface area contributed by atoms with E-state index in [0.29, 0.717) is 28.9 Å². The fourth-order valence-electron chi connectivity index (χ4n) is 3.42. The van der Waals surface area contributed by atoms with E-state index in [1.165, 1.54) is 12.8 Å². The van der Waals surface area contributed by atoms with Crippen LogP contribution in [-0.2, 0) is 6.54 Å². The maximum atomic E-state index is 12.6. The van der Waals surface area contributed by atoms with Crippen LogP contribution in [0.2, 0.25) is 5.02 Å². The lowest BCUT2D eigenvalue weighted by Crippen LogP contribution is -2.33. The van der Waals surface area contributed by atoms with E-state index in [1.54, 1.807) is 12.1 Å². The molecule has 2 aromatic carbocycles. The molecule has 0 N–H and O–H groups in total. The van der Waals surface area contributed by atoms with Crippen LogP contribution in [0.3, 0.4) is 0 Å². The van der Waals surface area contributed by atoms with Gasteiger partial charge in [-0.25, -0.2) is 4.79 Å². The second-order valence-electron chi connectivity index (χ2n) is 6.67. The molecule has 0 unspecified atom stereocenters. The molecule has 0 radical (unpaired) electrons. The van der Waals surface area contributed by atoms with Crippen molar-refractivity contribution in [1.29, 1.82) is 0 Å². The van der Waals surface area contributed by atoms with Crippen molar-refractivity contribution < 1.29 is 9.15 Å². The lowest BCUT2D eigenvalue weighted by molar-refractivity contribution is 0.0885. The second kappa shape index (κ2) is 5.61. The molecule has 5 heteroatoms. The lowest BCUT2D eigenvalue weighted by atomic mass is 10.0. The minimum atomic E-state index is -0.341. The maximum absolute atomic E-state index is 12.6. The van der Waals surface area contributed by atoms with Crippen molar-refractivity contribution in [3.05, 3.63) is 63.5 Å². The molecule has 25 heavy (non-hydrogen) atoms. The molecule has 1 fully saturated rings. The van der Waals surface area contributed by atoms with E-state index in [1.807, 2.05) is 30.3 Å². The minimum absolute atomic E-state index is 0.341. The van der Waals surface area contributed by atoms with Gasteiger partial charge < -0.3 is 9.15 Å². The maximum Gasteiger partial charge on any atom is 0.344 e. The highest BCUT2D eigenvalue weighted by Crippen LogP contribution is 2.37. The van der Waals surface area contributed by atoms with Crippen molar-refractivity contribution in [1.82, 2.24) is 4.90 Å². The van der Waals surface area contributed by atoms with Gasteiger partial charge in [-0.2, -0.15) is 0 Å². The van der Waals surface area contributed by atoms with Crippen molar-refractivity contribution in [2.45, 2.75) is 25.4 Å². The van der Waals surface area contributed by atoms with Gasteiger partial charge in [-0.05, 0) is 48.7 Å². The van der Waals surface area contributed by atoms with E-state index < -0.39 is 0 Å². The number of halogens is 1. The highest BCUT2D eigenvalue weighted by Gasteiger charge is 2.33. The SMILES string of the molecule is O=c1oc2c3c(ccc2cc1-c1ccc(Cl)cc1)OCN(C1CC1)C3. The van der Waals surface area contributed by atoms with Gasteiger partial charge in [0.1, 0.15) is 18.1 Å². The lowest BCUT2D eigenvalue weighted by Gasteiger charge is -2.29. The van der Waals surface area contributed by atoms with E-state index in [2.05, 4.69) is 4.90 Å². The zero-order valence-corrected chi connectivity index (χ0v) is 14.3. The van der Waals surface area contributed by atoms with E-state index >= 15 is 0 Å². The standard InChI is InChI=1S/C20H16ClNO3/c21-14-4-1-12(2-5-14)16-9-13-3-8-18-17(19(13)25-20(16)23)10-22(11-24-18)15-6-7-15/h1-5,8-9,15H,6-7,10-11H2. The first-order valence-corrected chi connectivity index (χ1v) is 8.79. The summed E-state index contributed by atoms with van der Waals surface area (Å²) in [5, 5.41) is 1.55. The van der Waals surface area contributed by atoms with Gasteiger partial charge in [0.05, 0.1) is 11.1 Å². The number of rotatable bonds is 2. The monoisotopic (exact) mass is 353 g/mol. The van der Waals surface area contributed by atoms with Crippen LogP contribution in [0.25, 0.3) is 22.1 Å². The molecule has 0 amide bonds. The molecule has 0 saturated heterocycles. The number of benzene rings is 2. The summed E-state index contributed by atoms with van der Waals surface area (Å²) in [6, 6.07) is 13.6. The zero-order chi connectivity index (χ0) is 17.0. The highest BCUT2D eigenvalue weighted by molar-refractivity contribution is 6.30. The van der Waals surface area contributed by atoms with Crippen LogP contribution in [0.5, 0.6) is 5.75 Å². The van der Waals surface area contributed by atoms with E-state index in [-0.39, 0.29) is 5.63 Å². The molecule has 1 saturated carbocycles. The summed E-state index contributed by atoms with van der Waals surface area (Å²) in [6.45, 7) is 1.37. The van der Waals surface area contributed by atoms with Crippen LogP contribution in [0.4, 0.5) is 0 Å². The Morgan fingerprint density at radius 1 is 1.08 bits per heavy atom. The van der Waals surface area contributed by atoms with Gasteiger partial charge in [-0.3, -0.25) is 4.90 Å². The van der Waals surface area contributed by atoms with Gasteiger partial charge in [0.2, 0.25) is 0 Å². The largest absolute Gasteiger partial charge is 0.478 e. The van der Waals surface area contributed by atoms with E-state index in [0.717, 1.165) is 28.8 Å². The normalized spacial score (nSPS) is 17.3. The first kappa shape index (κ1) is 15.0. The van der Waals surface area contributed by atoms with Crippen LogP contribution < -0.4 is 10.4 Å². The molecule has 1 aliphatic carbocycles. The Morgan fingerprint density at radius 2 is 1.88 bits per heavy atom. The number of nitrogens with zero attached hydrogens (tertiary/aromatic N) is 1. The third kappa shape index (κ3) is 2.62. The van der Waals surface area contributed by atoms with Crippen LogP contribution in [0, 0.1) is 0 Å². The Labute approximate surface area is 149 Å². The quantitative estimate of drug-likeness (QED) is 0.639. The summed E-state index contributed by atoms with van der Waals surface area (Å²) in [5.41, 5.74) is 2.60. The summed E-state index contributed by atoms with van der Waals surface area (Å²) in [6.07, 6.45) is 2.43. The number of ether oxygens (including phenoxy) is 1. The molecule has 2 aliphatic rings. The van der Waals surface area contributed by atoms with Crippen molar-refractivity contribution >= 4 is 22.6 Å². The van der Waals surface area contributed by atoms with Gasteiger partial charge >= 0.3 is 5.63 Å². The Hall–Kier alpha value is -2.30. The third-order valence-corrected chi connectivity index (χ3v) is 5.18. The molecule has 1 aromatic heterocycles. The van der Waals surface area contributed by atoms with Crippen molar-refractivity contribution in [3.63, 3.8) is 0 Å². The second-order valence-corrected chi connectivity index (χ2v) is 7.10. The topological polar surface area (TPSA) is 42.7 Å². The molecule has 0 bridgehead atoms. The summed E-state index contributed by atoms with van der Waals surface area (Å²) in [5.74, 6) is 0.812. The van der Waals surface area contributed by atoms with Crippen molar-refractivity contribution in [2.75, 3.05) is 6.73 Å². The summed E-state index contributed by atoms with van der Waals surface area (Å²) in [7, 11) is 0. The molecule has 0 atom stereocenters. The molecule has 0 spiro atoms. The Bertz CT molecular complexity index is 1020. The fourth-order valence-corrected chi connectivity index (χ4v) is 3.54. The van der Waals surface area contributed by atoms with Gasteiger partial charge in [-0.15, -0.1) is 0 Å². The molecule has 4 nitrogen and oxygen atoms in total. The average Bonchev–Trinajstić information content (AvgIpc) is 3.47.